The van der Waals surface area contributed by atoms with E-state index in [-0.39, 0.29) is 4.75 Å². The number of anilines is 1. The summed E-state index contributed by atoms with van der Waals surface area (Å²) in [6.07, 6.45) is 8.98. The number of hydrogen-bond acceptors (Lipinski definition) is 2. The average Bonchev–Trinajstić information content (AvgIpc) is 2.80. The topological polar surface area (TPSA) is 26.0 Å². The van der Waals surface area contributed by atoms with Gasteiger partial charge in [0.1, 0.15) is 0 Å². The molecule has 2 heteroatoms. The van der Waals surface area contributed by atoms with Crippen molar-refractivity contribution in [3.63, 3.8) is 0 Å². The van der Waals surface area contributed by atoms with E-state index in [1.165, 1.54) is 21.6 Å². The number of allylic oxidation sites excluding steroid dienone is 3. The van der Waals surface area contributed by atoms with Crippen LogP contribution >= 0.6 is 11.8 Å². The predicted molar refractivity (Wildman–Crippen MR) is 91.6 cm³/mol. The zero-order valence-electron chi connectivity index (χ0n) is 11.9. The Balaban J connectivity index is 1.88. The normalized spacial score (nSPS) is 25.7. The molecular weight excluding hydrogens is 274 g/mol. The molecule has 1 aliphatic heterocycles. The van der Waals surface area contributed by atoms with Crippen LogP contribution in [0.2, 0.25) is 0 Å². The highest BCUT2D eigenvalue weighted by Crippen LogP contribution is 2.57. The van der Waals surface area contributed by atoms with Crippen molar-refractivity contribution >= 4 is 17.4 Å². The van der Waals surface area contributed by atoms with Crippen molar-refractivity contribution in [2.45, 2.75) is 22.5 Å². The van der Waals surface area contributed by atoms with E-state index in [1.807, 2.05) is 23.9 Å². The molecule has 0 fully saturated rings. The lowest BCUT2D eigenvalue weighted by Gasteiger charge is -2.27. The van der Waals surface area contributed by atoms with E-state index in [0.29, 0.717) is 5.92 Å². The second-order valence-corrected chi connectivity index (χ2v) is 7.35. The molecule has 2 aliphatic rings. The lowest BCUT2D eigenvalue weighted by molar-refractivity contribution is 0.702. The van der Waals surface area contributed by atoms with Crippen molar-refractivity contribution in [1.82, 2.24) is 0 Å². The van der Waals surface area contributed by atoms with Crippen LogP contribution in [0.3, 0.4) is 0 Å². The first-order valence-corrected chi connectivity index (χ1v) is 8.03. The van der Waals surface area contributed by atoms with Crippen LogP contribution in [0.15, 0.2) is 71.7 Å². The molecule has 0 spiro atoms. The summed E-state index contributed by atoms with van der Waals surface area (Å²) < 4.78 is 0.140. The Kier molecular flexibility index (Phi) is 2.76. The van der Waals surface area contributed by atoms with Gasteiger partial charge in [-0.25, -0.2) is 0 Å². The molecule has 1 heterocycles. The van der Waals surface area contributed by atoms with E-state index in [4.69, 9.17) is 5.73 Å². The van der Waals surface area contributed by atoms with E-state index >= 15 is 0 Å². The van der Waals surface area contributed by atoms with Gasteiger partial charge in [-0.3, -0.25) is 0 Å². The van der Waals surface area contributed by atoms with Crippen LogP contribution in [0.1, 0.15) is 18.4 Å². The Morgan fingerprint density at radius 3 is 2.67 bits per heavy atom. The second-order valence-electron chi connectivity index (χ2n) is 5.85. The van der Waals surface area contributed by atoms with Gasteiger partial charge >= 0.3 is 0 Å². The molecule has 2 aromatic rings. The van der Waals surface area contributed by atoms with E-state index in [0.717, 1.165) is 5.69 Å². The largest absolute Gasteiger partial charge is 0.399 e. The molecule has 2 unspecified atom stereocenters. The number of thioether (sulfide) groups is 1. The Morgan fingerprint density at radius 1 is 1.05 bits per heavy atom. The first-order valence-electron chi connectivity index (χ1n) is 7.21. The van der Waals surface area contributed by atoms with Crippen molar-refractivity contribution in [2.75, 3.05) is 5.73 Å². The minimum absolute atomic E-state index is 0.140. The van der Waals surface area contributed by atoms with Gasteiger partial charge in [0.15, 0.2) is 0 Å². The van der Waals surface area contributed by atoms with Crippen molar-refractivity contribution < 1.29 is 0 Å². The van der Waals surface area contributed by atoms with Crippen LogP contribution in [-0.4, -0.2) is 4.75 Å². The molecule has 0 bridgehead atoms. The van der Waals surface area contributed by atoms with Gasteiger partial charge in [-0.05, 0) is 35.7 Å². The molecule has 4 rings (SSSR count). The van der Waals surface area contributed by atoms with Gasteiger partial charge in [0.25, 0.3) is 0 Å². The maximum Gasteiger partial charge on any atom is 0.0464 e. The first kappa shape index (κ1) is 12.8. The maximum absolute atomic E-state index is 5.81. The SMILES string of the molecule is CC12C=CC=CC1c1cccc(-c3ccc(N)cc3)c1S2. The number of nitrogens with two attached hydrogens (primary N) is 1. The van der Waals surface area contributed by atoms with Crippen molar-refractivity contribution in [3.05, 3.63) is 72.3 Å². The molecule has 0 saturated carbocycles. The molecule has 1 aliphatic carbocycles. The van der Waals surface area contributed by atoms with Crippen molar-refractivity contribution in [2.24, 2.45) is 0 Å². The van der Waals surface area contributed by atoms with Gasteiger partial charge in [0.2, 0.25) is 0 Å². The monoisotopic (exact) mass is 291 g/mol. The Labute approximate surface area is 129 Å². The van der Waals surface area contributed by atoms with Gasteiger partial charge in [0, 0.05) is 21.2 Å². The maximum atomic E-state index is 5.81. The lowest BCUT2D eigenvalue weighted by Crippen LogP contribution is -2.22. The van der Waals surface area contributed by atoms with E-state index < -0.39 is 0 Å². The summed E-state index contributed by atoms with van der Waals surface area (Å²) in [5, 5.41) is 0. The quantitative estimate of drug-likeness (QED) is 0.747. The standard InChI is InChI=1S/C19H17NS/c1-19-12-3-2-7-17(19)16-6-4-5-15(18(16)21-19)13-8-10-14(20)11-9-13/h2-12,17H,20H2,1H3. The summed E-state index contributed by atoms with van der Waals surface area (Å²) in [4.78, 5) is 1.41. The zero-order chi connectivity index (χ0) is 14.4. The number of benzene rings is 2. The molecule has 0 saturated heterocycles. The van der Waals surface area contributed by atoms with Crippen LogP contribution in [0.5, 0.6) is 0 Å². The zero-order valence-corrected chi connectivity index (χ0v) is 12.7. The number of hydrogen-bond donors (Lipinski definition) is 1. The first-order chi connectivity index (χ1) is 10.2. The smallest absolute Gasteiger partial charge is 0.0464 e. The molecule has 0 amide bonds. The summed E-state index contributed by atoms with van der Waals surface area (Å²) in [7, 11) is 0. The molecule has 2 aromatic carbocycles. The van der Waals surface area contributed by atoms with Crippen LogP contribution in [0.4, 0.5) is 5.69 Å². The van der Waals surface area contributed by atoms with Gasteiger partial charge in [0.05, 0.1) is 0 Å². The number of fused-ring (bicyclic) bond motifs is 3. The number of nitrogen functional groups attached to an aromatic ring is 1. The van der Waals surface area contributed by atoms with Gasteiger partial charge < -0.3 is 5.73 Å². The molecule has 21 heavy (non-hydrogen) atoms. The van der Waals surface area contributed by atoms with Gasteiger partial charge in [-0.15, -0.1) is 11.8 Å². The van der Waals surface area contributed by atoms with Crippen molar-refractivity contribution in [3.8, 4) is 11.1 Å². The minimum atomic E-state index is 0.140. The predicted octanol–water partition coefficient (Wildman–Crippen LogP) is 5.01. The van der Waals surface area contributed by atoms with Gasteiger partial charge in [-0.2, -0.15) is 0 Å². The third-order valence-electron chi connectivity index (χ3n) is 4.38. The Bertz CT molecular complexity index is 758. The van der Waals surface area contributed by atoms with E-state index in [2.05, 4.69) is 61.6 Å². The van der Waals surface area contributed by atoms with E-state index in [1.54, 1.807) is 0 Å². The molecule has 2 atom stereocenters. The minimum Gasteiger partial charge on any atom is -0.399 e. The summed E-state index contributed by atoms with van der Waals surface area (Å²) in [5.41, 5.74) is 10.6. The second kappa shape index (κ2) is 4.54. The summed E-state index contributed by atoms with van der Waals surface area (Å²) in [5.74, 6) is 0.469. The van der Waals surface area contributed by atoms with E-state index in [9.17, 15) is 0 Å². The van der Waals surface area contributed by atoms with Crippen LogP contribution in [-0.2, 0) is 0 Å². The van der Waals surface area contributed by atoms with Crippen LogP contribution in [0, 0.1) is 0 Å². The fourth-order valence-corrected chi connectivity index (χ4v) is 4.78. The molecule has 0 radical (unpaired) electrons. The highest BCUT2D eigenvalue weighted by Gasteiger charge is 2.42. The van der Waals surface area contributed by atoms with Crippen LogP contribution < -0.4 is 5.73 Å². The molecule has 104 valence electrons. The third-order valence-corrected chi connectivity index (χ3v) is 5.87. The molecular formula is C19H17NS. The molecule has 0 aromatic heterocycles. The van der Waals surface area contributed by atoms with Gasteiger partial charge in [-0.1, -0.05) is 54.6 Å². The Hall–Kier alpha value is -1.93. The highest BCUT2D eigenvalue weighted by atomic mass is 32.2. The van der Waals surface area contributed by atoms with Crippen LogP contribution in [0.25, 0.3) is 11.1 Å². The molecule has 2 N–H and O–H groups in total. The fraction of sp³-hybridized carbons (Fsp3) is 0.158. The fourth-order valence-electron chi connectivity index (χ4n) is 3.25. The third kappa shape index (κ3) is 1.94. The van der Waals surface area contributed by atoms with Crippen molar-refractivity contribution in [1.29, 1.82) is 0 Å². The summed E-state index contributed by atoms with van der Waals surface area (Å²) in [6.45, 7) is 2.33. The molecule has 1 nitrogen and oxygen atoms in total. The lowest BCUT2D eigenvalue weighted by atomic mass is 9.83. The highest BCUT2D eigenvalue weighted by molar-refractivity contribution is 8.01. The number of rotatable bonds is 1. The summed E-state index contributed by atoms with van der Waals surface area (Å²) >= 11 is 1.98. The Morgan fingerprint density at radius 2 is 1.86 bits per heavy atom. The average molecular weight is 291 g/mol. The summed E-state index contributed by atoms with van der Waals surface area (Å²) in [6, 6.07) is 14.8.